The van der Waals surface area contributed by atoms with Crippen LogP contribution >= 0.6 is 23.5 Å². The van der Waals surface area contributed by atoms with E-state index in [0.717, 1.165) is 16.8 Å². The first-order valence-corrected chi connectivity index (χ1v) is 12.6. The summed E-state index contributed by atoms with van der Waals surface area (Å²) in [5.41, 5.74) is -1.55. The van der Waals surface area contributed by atoms with Gasteiger partial charge in [0.05, 0.1) is 18.8 Å². The van der Waals surface area contributed by atoms with Gasteiger partial charge in [-0.2, -0.15) is 8.62 Å². The number of phosphoric ester groups is 1. The second-order valence-electron chi connectivity index (χ2n) is 6.05. The first-order valence-electron chi connectivity index (χ1n) is 8.11. The molecule has 0 radical (unpaired) electrons. The highest BCUT2D eigenvalue weighted by atomic mass is 31.3. The number of aliphatic hydroxyl groups excluding tert-OH is 1. The van der Waals surface area contributed by atoms with Gasteiger partial charge in [0.2, 0.25) is 0 Å². The Hall–Kier alpha value is -0.990. The third-order valence-corrected chi connectivity index (χ3v) is 7.45. The smallest absolute Gasteiger partial charge is 0.388 e. The van der Waals surface area contributed by atoms with Gasteiger partial charge in [0.1, 0.15) is 0 Å². The van der Waals surface area contributed by atoms with Crippen LogP contribution in [-0.4, -0.2) is 53.0 Å². The average molecular weight is 496 g/mol. The molecule has 0 amide bonds. The van der Waals surface area contributed by atoms with Crippen LogP contribution in [0.4, 0.5) is 0 Å². The lowest BCUT2D eigenvalue weighted by Gasteiger charge is -2.26. The number of aromatic amines is 1. The van der Waals surface area contributed by atoms with Gasteiger partial charge in [-0.1, -0.05) is 0 Å². The minimum Gasteiger partial charge on any atom is -0.388 e. The maximum atomic E-state index is 11.9. The monoisotopic (exact) mass is 496 g/mol. The summed E-state index contributed by atoms with van der Waals surface area (Å²) < 4.78 is 51.9. The molecule has 0 aliphatic carbocycles. The number of nitrogens with zero attached hydrogens (tertiary/aromatic N) is 1. The molecule has 0 bridgehead atoms. The summed E-state index contributed by atoms with van der Waals surface area (Å²) in [5.74, 6) is 0. The fourth-order valence-electron chi connectivity index (χ4n) is 2.54. The van der Waals surface area contributed by atoms with Crippen molar-refractivity contribution in [2.45, 2.75) is 37.7 Å². The number of H-pyrrole nitrogens is 1. The van der Waals surface area contributed by atoms with Gasteiger partial charge in [-0.25, -0.2) is 18.5 Å². The molecule has 6 N–H and O–H groups in total. The molecule has 1 aromatic heterocycles. The van der Waals surface area contributed by atoms with Gasteiger partial charge in [0, 0.05) is 12.3 Å². The Kier molecular flexibility index (Phi) is 8.13. The van der Waals surface area contributed by atoms with Gasteiger partial charge in [0.15, 0.2) is 6.23 Å². The van der Waals surface area contributed by atoms with Crippen LogP contribution in [0.3, 0.4) is 0 Å². The van der Waals surface area contributed by atoms with Crippen LogP contribution in [0.25, 0.3) is 0 Å². The van der Waals surface area contributed by atoms with Crippen LogP contribution in [0.1, 0.15) is 25.5 Å². The molecule has 30 heavy (non-hydrogen) atoms. The summed E-state index contributed by atoms with van der Waals surface area (Å²) in [7, 11) is -16.5. The molecule has 5 atom stereocenters. The van der Waals surface area contributed by atoms with E-state index >= 15 is 0 Å². The molecule has 19 heteroatoms. The van der Waals surface area contributed by atoms with E-state index in [1.807, 2.05) is 4.98 Å². The van der Waals surface area contributed by atoms with E-state index < -0.39 is 59.8 Å². The van der Waals surface area contributed by atoms with Gasteiger partial charge in [0.25, 0.3) is 5.56 Å². The quantitative estimate of drug-likeness (QED) is 0.244. The SMILES string of the molecule is O=c1ccn([C@@H]2O[C@H](COP(=O)(O)OP(=O)(O)OP(=O)(O)O)CCC[C@H]2O)c(=O)[nH]1. The number of aromatic nitrogens is 2. The predicted molar refractivity (Wildman–Crippen MR) is 94.9 cm³/mol. The Morgan fingerprint density at radius 1 is 1.10 bits per heavy atom. The molecule has 1 fully saturated rings. The largest absolute Gasteiger partial charge is 0.490 e. The minimum atomic E-state index is -5.66. The molecule has 1 saturated heterocycles. The Balaban J connectivity index is 2.07. The molecule has 2 heterocycles. The maximum absolute atomic E-state index is 11.9. The van der Waals surface area contributed by atoms with Crippen LogP contribution in [0.5, 0.6) is 0 Å². The van der Waals surface area contributed by atoms with Crippen LogP contribution < -0.4 is 11.2 Å². The molecule has 2 unspecified atom stereocenters. The summed E-state index contributed by atoms with van der Waals surface area (Å²) in [6.45, 7) is -0.731. The van der Waals surface area contributed by atoms with Gasteiger partial charge in [-0.05, 0) is 19.3 Å². The number of rotatable bonds is 8. The van der Waals surface area contributed by atoms with Crippen LogP contribution in [0.2, 0.25) is 0 Å². The molecule has 0 aromatic carbocycles. The average Bonchev–Trinajstić information content (AvgIpc) is 2.71. The maximum Gasteiger partial charge on any atom is 0.490 e. The van der Waals surface area contributed by atoms with Crippen molar-refractivity contribution in [1.82, 2.24) is 9.55 Å². The molecule has 0 saturated carbocycles. The van der Waals surface area contributed by atoms with E-state index in [2.05, 4.69) is 13.1 Å². The summed E-state index contributed by atoms with van der Waals surface area (Å²) in [6, 6.07) is 1.02. The van der Waals surface area contributed by atoms with Gasteiger partial charge in [-0.3, -0.25) is 18.9 Å². The molecule has 172 valence electrons. The lowest BCUT2D eigenvalue weighted by atomic mass is 10.1. The van der Waals surface area contributed by atoms with Crippen LogP contribution in [0.15, 0.2) is 21.9 Å². The molecule has 16 nitrogen and oxygen atoms in total. The Morgan fingerprint density at radius 3 is 2.37 bits per heavy atom. The number of aliphatic hydroxyl groups is 1. The van der Waals surface area contributed by atoms with E-state index in [-0.39, 0.29) is 12.8 Å². The van der Waals surface area contributed by atoms with Crippen LogP contribution in [-0.2, 0) is 31.6 Å². The van der Waals surface area contributed by atoms with Crippen molar-refractivity contribution in [3.63, 3.8) is 0 Å². The first kappa shape index (κ1) is 25.3. The molecular formula is C11H19N2O14P3. The number of nitrogens with one attached hydrogen (secondary N) is 1. The number of hydrogen-bond donors (Lipinski definition) is 6. The molecule has 1 aliphatic rings. The zero-order valence-corrected chi connectivity index (χ0v) is 17.6. The van der Waals surface area contributed by atoms with Crippen molar-refractivity contribution >= 4 is 23.5 Å². The number of hydrogen-bond acceptors (Lipinski definition) is 10. The Bertz CT molecular complexity index is 999. The van der Waals surface area contributed by atoms with Gasteiger partial charge >= 0.3 is 29.2 Å². The summed E-state index contributed by atoms with van der Waals surface area (Å²) >= 11 is 0. The van der Waals surface area contributed by atoms with Crippen molar-refractivity contribution in [2.75, 3.05) is 6.61 Å². The van der Waals surface area contributed by atoms with E-state index in [1.54, 1.807) is 0 Å². The number of ether oxygens (including phenoxy) is 1. The molecule has 1 aromatic rings. The minimum absolute atomic E-state index is 0.168. The van der Waals surface area contributed by atoms with E-state index in [9.17, 15) is 33.3 Å². The fraction of sp³-hybridized carbons (Fsp3) is 0.636. The standard InChI is InChI=1S/C11H19N2O14P3/c14-8-3-1-2-7(25-10(8)13-5-4-9(15)12-11(13)16)6-24-29(20,21)27-30(22,23)26-28(17,18)19/h4-5,7-8,10,14H,1-3,6H2,(H,20,21)(H,22,23)(H,12,15,16)(H2,17,18,19)/t7-,8+,10+/m0/s1. The molecule has 1 aliphatic heterocycles. The van der Waals surface area contributed by atoms with Gasteiger partial charge < -0.3 is 29.4 Å². The molecule has 2 rings (SSSR count). The second-order valence-corrected chi connectivity index (χ2v) is 10.5. The van der Waals surface area contributed by atoms with Crippen molar-refractivity contribution in [2.24, 2.45) is 0 Å². The van der Waals surface area contributed by atoms with E-state index in [4.69, 9.17) is 19.4 Å². The highest BCUT2D eigenvalue weighted by Crippen LogP contribution is 2.66. The zero-order chi connectivity index (χ0) is 22.7. The van der Waals surface area contributed by atoms with E-state index in [0.29, 0.717) is 6.42 Å². The van der Waals surface area contributed by atoms with E-state index in [1.165, 1.54) is 0 Å². The normalized spacial score (nSPS) is 27.0. The summed E-state index contributed by atoms with van der Waals surface area (Å²) in [6.07, 6.45) is -1.73. The van der Waals surface area contributed by atoms with Crippen molar-refractivity contribution in [1.29, 1.82) is 0 Å². The van der Waals surface area contributed by atoms with Gasteiger partial charge in [-0.15, -0.1) is 0 Å². The van der Waals surface area contributed by atoms with Crippen LogP contribution in [0, 0.1) is 0 Å². The first-order chi connectivity index (χ1) is 13.7. The van der Waals surface area contributed by atoms with Crippen molar-refractivity contribution in [3.05, 3.63) is 33.1 Å². The topological polar surface area (TPSA) is 244 Å². The Morgan fingerprint density at radius 2 is 1.77 bits per heavy atom. The fourth-order valence-corrected chi connectivity index (χ4v) is 5.58. The van der Waals surface area contributed by atoms with Crippen molar-refractivity contribution < 1.29 is 56.3 Å². The third-order valence-electron chi connectivity index (χ3n) is 3.65. The lowest BCUT2D eigenvalue weighted by molar-refractivity contribution is -0.119. The number of phosphoric acid groups is 3. The zero-order valence-electron chi connectivity index (χ0n) is 14.9. The Labute approximate surface area is 167 Å². The highest BCUT2D eigenvalue weighted by molar-refractivity contribution is 7.66. The molecule has 0 spiro atoms. The predicted octanol–water partition coefficient (Wildman–Crippen LogP) is -0.692. The second kappa shape index (κ2) is 9.65. The summed E-state index contributed by atoms with van der Waals surface area (Å²) in [4.78, 5) is 60.7. The highest BCUT2D eigenvalue weighted by Gasteiger charge is 2.41. The molecular weight excluding hydrogens is 477 g/mol. The lowest BCUT2D eigenvalue weighted by Crippen LogP contribution is -2.38. The third kappa shape index (κ3) is 7.93. The summed E-state index contributed by atoms with van der Waals surface area (Å²) in [5, 5.41) is 10.2. The van der Waals surface area contributed by atoms with Crippen molar-refractivity contribution in [3.8, 4) is 0 Å².